The lowest BCUT2D eigenvalue weighted by Gasteiger charge is -2.31. The molecule has 3 aromatic rings. The summed E-state index contributed by atoms with van der Waals surface area (Å²) in [6.07, 6.45) is 0.820. The standard InChI is InChI=1S/C29H28Cl2N4O4/c1-39-21-7-3-18(4-8-21)29(38)35-25-10-5-19(28(37)34-13-2-11-32-12-14-34)15-24(25)33-27(36)17-26(35)22-9-6-20(30)16-23(22)31/h3-10,15-16,26,32H,2,11-14,17H2,1H3,(H,33,36). The number of fused-ring (bicyclic) bond motifs is 1. The van der Waals surface area contributed by atoms with Gasteiger partial charge in [-0.05, 0) is 73.1 Å². The zero-order valence-electron chi connectivity index (χ0n) is 21.4. The zero-order valence-corrected chi connectivity index (χ0v) is 22.9. The number of anilines is 2. The van der Waals surface area contributed by atoms with Crippen LogP contribution in [0.4, 0.5) is 11.4 Å². The predicted molar refractivity (Wildman–Crippen MR) is 152 cm³/mol. The van der Waals surface area contributed by atoms with Gasteiger partial charge >= 0.3 is 0 Å². The Morgan fingerprint density at radius 2 is 1.69 bits per heavy atom. The number of hydrogen-bond donors (Lipinski definition) is 2. The lowest BCUT2D eigenvalue weighted by molar-refractivity contribution is -0.116. The summed E-state index contributed by atoms with van der Waals surface area (Å²) in [7, 11) is 1.55. The van der Waals surface area contributed by atoms with Crippen LogP contribution in [0.2, 0.25) is 10.0 Å². The van der Waals surface area contributed by atoms with Gasteiger partial charge in [0.1, 0.15) is 5.75 Å². The molecule has 1 fully saturated rings. The molecule has 3 aromatic carbocycles. The quantitative estimate of drug-likeness (QED) is 0.454. The summed E-state index contributed by atoms with van der Waals surface area (Å²) in [5.41, 5.74) is 2.28. The van der Waals surface area contributed by atoms with Gasteiger partial charge < -0.3 is 20.3 Å². The van der Waals surface area contributed by atoms with Gasteiger partial charge in [0.05, 0.1) is 30.9 Å². The Labute approximate surface area is 236 Å². The molecule has 8 nitrogen and oxygen atoms in total. The molecule has 202 valence electrons. The molecule has 0 aliphatic carbocycles. The number of benzene rings is 3. The second kappa shape index (κ2) is 11.7. The van der Waals surface area contributed by atoms with E-state index >= 15 is 0 Å². The van der Waals surface area contributed by atoms with E-state index in [9.17, 15) is 14.4 Å². The maximum absolute atomic E-state index is 14.1. The van der Waals surface area contributed by atoms with Crippen molar-refractivity contribution < 1.29 is 19.1 Å². The summed E-state index contributed by atoms with van der Waals surface area (Å²) in [6.45, 7) is 2.83. The number of nitrogens with one attached hydrogen (secondary N) is 2. The van der Waals surface area contributed by atoms with E-state index in [1.807, 2.05) is 0 Å². The fraction of sp³-hybridized carbons (Fsp3) is 0.276. The topological polar surface area (TPSA) is 91.0 Å². The molecular weight excluding hydrogens is 539 g/mol. The van der Waals surface area contributed by atoms with Gasteiger partial charge in [-0.15, -0.1) is 0 Å². The highest BCUT2D eigenvalue weighted by Gasteiger charge is 2.36. The number of methoxy groups -OCH3 is 1. The minimum atomic E-state index is -0.719. The van der Waals surface area contributed by atoms with E-state index in [2.05, 4.69) is 10.6 Å². The molecule has 3 amide bonds. The fourth-order valence-electron chi connectivity index (χ4n) is 4.99. The Balaban J connectivity index is 1.60. The number of amides is 3. The zero-order chi connectivity index (χ0) is 27.5. The fourth-order valence-corrected chi connectivity index (χ4v) is 5.53. The van der Waals surface area contributed by atoms with E-state index in [1.54, 1.807) is 77.6 Å². The molecular formula is C29H28Cl2N4O4. The molecule has 0 aromatic heterocycles. The smallest absolute Gasteiger partial charge is 0.258 e. The lowest BCUT2D eigenvalue weighted by Crippen LogP contribution is -2.36. The minimum absolute atomic E-state index is 0.0427. The molecule has 5 rings (SSSR count). The molecule has 39 heavy (non-hydrogen) atoms. The van der Waals surface area contributed by atoms with E-state index < -0.39 is 6.04 Å². The van der Waals surface area contributed by atoms with Crippen LogP contribution < -0.4 is 20.3 Å². The molecule has 2 aliphatic heterocycles. The molecule has 0 bridgehead atoms. The van der Waals surface area contributed by atoms with Crippen molar-refractivity contribution in [3.8, 4) is 5.75 Å². The summed E-state index contributed by atoms with van der Waals surface area (Å²) in [4.78, 5) is 44.0. The van der Waals surface area contributed by atoms with Crippen molar-refractivity contribution in [3.05, 3.63) is 87.4 Å². The average molecular weight is 567 g/mol. The normalized spacial score (nSPS) is 17.5. The van der Waals surface area contributed by atoms with Crippen LogP contribution in [0.1, 0.15) is 45.2 Å². The van der Waals surface area contributed by atoms with Crippen LogP contribution in [0.5, 0.6) is 5.75 Å². The average Bonchev–Trinajstić information content (AvgIpc) is 3.29. The highest BCUT2D eigenvalue weighted by molar-refractivity contribution is 6.35. The van der Waals surface area contributed by atoms with Crippen molar-refractivity contribution >= 4 is 52.3 Å². The van der Waals surface area contributed by atoms with Gasteiger partial charge in [-0.25, -0.2) is 0 Å². The molecule has 2 aliphatic rings. The highest BCUT2D eigenvalue weighted by atomic mass is 35.5. The van der Waals surface area contributed by atoms with Crippen LogP contribution in [-0.2, 0) is 4.79 Å². The Hall–Kier alpha value is -3.59. The van der Waals surface area contributed by atoms with Crippen molar-refractivity contribution in [2.45, 2.75) is 18.9 Å². The van der Waals surface area contributed by atoms with Crippen molar-refractivity contribution in [2.24, 2.45) is 0 Å². The predicted octanol–water partition coefficient (Wildman–Crippen LogP) is 5.17. The summed E-state index contributed by atoms with van der Waals surface area (Å²) in [6, 6.07) is 16.1. The molecule has 1 unspecified atom stereocenters. The Bertz CT molecular complexity index is 1400. The summed E-state index contributed by atoms with van der Waals surface area (Å²) < 4.78 is 5.25. The third-order valence-electron chi connectivity index (χ3n) is 6.97. The molecule has 2 heterocycles. The number of carbonyl (C=O) groups excluding carboxylic acids is 3. The second-order valence-electron chi connectivity index (χ2n) is 9.47. The number of ether oxygens (including phenoxy) is 1. The maximum Gasteiger partial charge on any atom is 0.258 e. The second-order valence-corrected chi connectivity index (χ2v) is 10.3. The summed E-state index contributed by atoms with van der Waals surface area (Å²) in [5, 5.41) is 7.00. The number of halogens is 2. The molecule has 2 N–H and O–H groups in total. The number of nitrogens with zero attached hydrogens (tertiary/aromatic N) is 2. The van der Waals surface area contributed by atoms with Gasteiger partial charge in [-0.2, -0.15) is 0 Å². The maximum atomic E-state index is 14.1. The Morgan fingerprint density at radius 1 is 0.923 bits per heavy atom. The number of hydrogen-bond acceptors (Lipinski definition) is 5. The van der Waals surface area contributed by atoms with Crippen molar-refractivity contribution in [3.63, 3.8) is 0 Å². The largest absolute Gasteiger partial charge is 0.497 e. The van der Waals surface area contributed by atoms with Gasteiger partial charge in [-0.1, -0.05) is 29.3 Å². The summed E-state index contributed by atoms with van der Waals surface area (Å²) >= 11 is 12.7. The van der Waals surface area contributed by atoms with E-state index in [0.29, 0.717) is 56.9 Å². The third kappa shape index (κ3) is 5.73. The first kappa shape index (κ1) is 27.0. The number of carbonyl (C=O) groups is 3. The highest BCUT2D eigenvalue weighted by Crippen LogP contribution is 2.42. The van der Waals surface area contributed by atoms with Crippen molar-refractivity contribution in [2.75, 3.05) is 43.5 Å². The molecule has 0 saturated carbocycles. The first-order valence-corrected chi connectivity index (χ1v) is 13.5. The van der Waals surface area contributed by atoms with Crippen LogP contribution in [0, 0.1) is 0 Å². The van der Waals surface area contributed by atoms with E-state index in [4.69, 9.17) is 27.9 Å². The minimum Gasteiger partial charge on any atom is -0.497 e. The first-order chi connectivity index (χ1) is 18.9. The molecule has 10 heteroatoms. The summed E-state index contributed by atoms with van der Waals surface area (Å²) in [5.74, 6) is -0.140. The van der Waals surface area contributed by atoms with Crippen LogP contribution in [-0.4, -0.2) is 55.9 Å². The lowest BCUT2D eigenvalue weighted by atomic mass is 9.99. The molecule has 1 atom stereocenters. The molecule has 1 saturated heterocycles. The first-order valence-electron chi connectivity index (χ1n) is 12.7. The van der Waals surface area contributed by atoms with Crippen LogP contribution in [0.15, 0.2) is 60.7 Å². The van der Waals surface area contributed by atoms with Gasteiger partial charge in [0.2, 0.25) is 5.91 Å². The SMILES string of the molecule is COc1ccc(C(=O)N2c3ccc(C(=O)N4CCCNCC4)cc3NC(=O)CC2c2ccc(Cl)cc2Cl)cc1. The van der Waals surface area contributed by atoms with E-state index in [-0.39, 0.29) is 24.1 Å². The van der Waals surface area contributed by atoms with Gasteiger partial charge in [0.25, 0.3) is 11.8 Å². The van der Waals surface area contributed by atoms with Crippen LogP contribution >= 0.6 is 23.2 Å². The monoisotopic (exact) mass is 566 g/mol. The molecule has 0 spiro atoms. The Kier molecular flexibility index (Phi) is 8.07. The van der Waals surface area contributed by atoms with Crippen LogP contribution in [0.25, 0.3) is 0 Å². The van der Waals surface area contributed by atoms with Gasteiger partial charge in [0.15, 0.2) is 0 Å². The van der Waals surface area contributed by atoms with Crippen LogP contribution in [0.3, 0.4) is 0 Å². The van der Waals surface area contributed by atoms with Crippen molar-refractivity contribution in [1.29, 1.82) is 0 Å². The number of rotatable bonds is 4. The molecule has 0 radical (unpaired) electrons. The van der Waals surface area contributed by atoms with E-state index in [1.165, 1.54) is 0 Å². The van der Waals surface area contributed by atoms with E-state index in [0.717, 1.165) is 19.5 Å². The van der Waals surface area contributed by atoms with Gasteiger partial charge in [-0.3, -0.25) is 19.3 Å². The van der Waals surface area contributed by atoms with Gasteiger partial charge in [0, 0.05) is 40.8 Å². The van der Waals surface area contributed by atoms with Crippen molar-refractivity contribution in [1.82, 2.24) is 10.2 Å². The third-order valence-corrected chi connectivity index (χ3v) is 7.53. The Morgan fingerprint density at radius 3 is 2.44 bits per heavy atom.